The number of para-hydroxylation sites is 1. The Morgan fingerprint density at radius 2 is 2.22 bits per heavy atom. The second kappa shape index (κ2) is 3.96. The molecule has 1 N–H and O–H groups in total. The van der Waals surface area contributed by atoms with Gasteiger partial charge >= 0.3 is 5.97 Å². The van der Waals surface area contributed by atoms with E-state index in [1.54, 1.807) is 12.1 Å². The molecule has 0 unspecified atom stereocenters. The number of aromatic carboxylic acids is 1. The minimum absolute atomic E-state index is 0.139. The van der Waals surface area contributed by atoms with Crippen molar-refractivity contribution in [1.82, 2.24) is 4.98 Å². The van der Waals surface area contributed by atoms with Crippen LogP contribution in [0.2, 0.25) is 0 Å². The van der Waals surface area contributed by atoms with Crippen LogP contribution >= 0.6 is 11.3 Å². The van der Waals surface area contributed by atoms with Crippen LogP contribution in [0.5, 0.6) is 0 Å². The van der Waals surface area contributed by atoms with Crippen LogP contribution in [-0.4, -0.2) is 16.1 Å². The number of rotatable bonds is 2. The molecule has 3 aromatic rings. The number of hydrogen-bond acceptors (Lipinski definition) is 4. The topological polar surface area (TPSA) is 63.3 Å². The Morgan fingerprint density at radius 3 is 2.89 bits per heavy atom. The molecule has 0 amide bonds. The van der Waals surface area contributed by atoms with Gasteiger partial charge in [0.05, 0.1) is 4.88 Å². The van der Waals surface area contributed by atoms with Gasteiger partial charge in [0.1, 0.15) is 11.1 Å². The van der Waals surface area contributed by atoms with E-state index in [2.05, 4.69) is 4.98 Å². The third kappa shape index (κ3) is 1.60. The van der Waals surface area contributed by atoms with Crippen molar-refractivity contribution in [2.75, 3.05) is 0 Å². The smallest absolute Gasteiger partial charge is 0.339 e. The summed E-state index contributed by atoms with van der Waals surface area (Å²) < 4.78 is 5.60. The summed E-state index contributed by atoms with van der Waals surface area (Å²) in [4.78, 5) is 16.4. The molecule has 0 saturated carbocycles. The van der Waals surface area contributed by atoms with Crippen molar-refractivity contribution in [3.8, 4) is 10.8 Å². The molecule has 0 atom stereocenters. The van der Waals surface area contributed by atoms with Gasteiger partial charge in [0.25, 0.3) is 0 Å². The summed E-state index contributed by atoms with van der Waals surface area (Å²) in [5, 5.41) is 11.0. The number of hydrogen-bond donors (Lipinski definition) is 1. The number of aryl methyl sites for hydroxylation is 1. The first-order valence-electron chi connectivity index (χ1n) is 5.34. The molecule has 0 saturated heterocycles. The highest BCUT2D eigenvalue weighted by Gasteiger charge is 2.16. The summed E-state index contributed by atoms with van der Waals surface area (Å²) in [6, 6.07) is 6.91. The molecule has 0 fully saturated rings. The van der Waals surface area contributed by atoms with Gasteiger partial charge in [-0.25, -0.2) is 9.78 Å². The highest BCUT2D eigenvalue weighted by atomic mass is 32.1. The number of fused-ring (bicyclic) bond motifs is 1. The van der Waals surface area contributed by atoms with Crippen LogP contribution in [0.1, 0.15) is 15.9 Å². The molecule has 18 heavy (non-hydrogen) atoms. The van der Waals surface area contributed by atoms with Crippen LogP contribution < -0.4 is 0 Å². The van der Waals surface area contributed by atoms with E-state index in [1.807, 2.05) is 18.4 Å². The molecule has 90 valence electrons. The summed E-state index contributed by atoms with van der Waals surface area (Å²) in [6.45, 7) is 1.97. The van der Waals surface area contributed by atoms with E-state index in [1.165, 1.54) is 17.4 Å². The zero-order chi connectivity index (χ0) is 12.7. The van der Waals surface area contributed by atoms with E-state index in [0.29, 0.717) is 17.0 Å². The third-order valence-electron chi connectivity index (χ3n) is 2.70. The van der Waals surface area contributed by atoms with Crippen LogP contribution in [0.15, 0.2) is 34.1 Å². The van der Waals surface area contributed by atoms with E-state index in [-0.39, 0.29) is 5.56 Å². The van der Waals surface area contributed by atoms with Crippen LogP contribution in [0.25, 0.3) is 21.9 Å². The number of nitrogens with zero attached hydrogens (tertiary/aromatic N) is 1. The zero-order valence-electron chi connectivity index (χ0n) is 9.51. The van der Waals surface area contributed by atoms with Crippen LogP contribution in [0.3, 0.4) is 0 Å². The van der Waals surface area contributed by atoms with E-state index >= 15 is 0 Å². The number of carbonyl (C=O) groups is 1. The molecule has 0 aliphatic rings. The molecule has 3 rings (SSSR count). The van der Waals surface area contributed by atoms with Gasteiger partial charge in [0.2, 0.25) is 5.89 Å². The van der Waals surface area contributed by atoms with Gasteiger partial charge in [-0.2, -0.15) is 0 Å². The number of thiophene rings is 1. The maximum Gasteiger partial charge on any atom is 0.339 e. The lowest BCUT2D eigenvalue weighted by molar-refractivity contribution is 0.0698. The maximum absolute atomic E-state index is 11.1. The average molecular weight is 259 g/mol. The quantitative estimate of drug-likeness (QED) is 0.764. The van der Waals surface area contributed by atoms with Gasteiger partial charge in [0.15, 0.2) is 5.58 Å². The Hall–Kier alpha value is -2.14. The Labute approximate surface area is 107 Å². The second-order valence-corrected chi connectivity index (χ2v) is 4.83. The van der Waals surface area contributed by atoms with Gasteiger partial charge in [-0.3, -0.25) is 0 Å². The van der Waals surface area contributed by atoms with Gasteiger partial charge in [-0.15, -0.1) is 11.3 Å². The highest BCUT2D eigenvalue weighted by Crippen LogP contribution is 2.32. The van der Waals surface area contributed by atoms with Gasteiger partial charge < -0.3 is 9.52 Å². The van der Waals surface area contributed by atoms with Crippen LogP contribution in [0.4, 0.5) is 0 Å². The number of carboxylic acids is 1. The summed E-state index contributed by atoms with van der Waals surface area (Å²) in [5.41, 5.74) is 2.11. The summed E-state index contributed by atoms with van der Waals surface area (Å²) in [6.07, 6.45) is 0. The highest BCUT2D eigenvalue weighted by molar-refractivity contribution is 7.13. The molecule has 0 radical (unpaired) electrons. The van der Waals surface area contributed by atoms with Crippen molar-refractivity contribution in [2.45, 2.75) is 6.92 Å². The molecule has 4 nitrogen and oxygen atoms in total. The second-order valence-electron chi connectivity index (χ2n) is 3.91. The van der Waals surface area contributed by atoms with Crippen molar-refractivity contribution in [2.24, 2.45) is 0 Å². The predicted molar refractivity (Wildman–Crippen MR) is 69.0 cm³/mol. The number of aromatic nitrogens is 1. The molecule has 1 aromatic carbocycles. The van der Waals surface area contributed by atoms with Crippen molar-refractivity contribution >= 4 is 28.4 Å². The van der Waals surface area contributed by atoms with Crippen molar-refractivity contribution in [1.29, 1.82) is 0 Å². The molecule has 0 spiro atoms. The van der Waals surface area contributed by atoms with E-state index in [9.17, 15) is 4.79 Å². The fourth-order valence-electron chi connectivity index (χ4n) is 1.81. The molecule has 5 heteroatoms. The average Bonchev–Trinajstić information content (AvgIpc) is 2.92. The third-order valence-corrected chi connectivity index (χ3v) is 3.71. The van der Waals surface area contributed by atoms with Gasteiger partial charge in [-0.05, 0) is 36.1 Å². The Kier molecular flexibility index (Phi) is 2.41. The lowest BCUT2D eigenvalue weighted by atomic mass is 10.2. The van der Waals surface area contributed by atoms with Crippen molar-refractivity contribution in [3.05, 3.63) is 40.8 Å². The molecule has 0 aliphatic carbocycles. The fourth-order valence-corrected chi connectivity index (χ4v) is 2.66. The molecular weight excluding hydrogens is 250 g/mol. The fraction of sp³-hybridized carbons (Fsp3) is 0.0769. The summed E-state index contributed by atoms with van der Waals surface area (Å²) in [7, 11) is 0. The monoisotopic (exact) mass is 259 g/mol. The molecular formula is C13H9NO3S. The van der Waals surface area contributed by atoms with Crippen molar-refractivity contribution < 1.29 is 14.3 Å². The Morgan fingerprint density at radius 1 is 1.39 bits per heavy atom. The molecule has 2 aromatic heterocycles. The number of benzene rings is 1. The SMILES string of the molecule is Cc1ccsc1-c1nc2cccc(C(=O)O)c2o1. The van der Waals surface area contributed by atoms with Gasteiger partial charge in [0, 0.05) is 0 Å². The van der Waals surface area contributed by atoms with E-state index in [4.69, 9.17) is 9.52 Å². The summed E-state index contributed by atoms with van der Waals surface area (Å²) >= 11 is 1.53. The van der Waals surface area contributed by atoms with Gasteiger partial charge in [-0.1, -0.05) is 6.07 Å². The minimum atomic E-state index is -1.01. The molecule has 0 bridgehead atoms. The first-order valence-corrected chi connectivity index (χ1v) is 6.22. The lowest BCUT2D eigenvalue weighted by Gasteiger charge is -1.93. The lowest BCUT2D eigenvalue weighted by Crippen LogP contribution is -1.95. The normalized spacial score (nSPS) is 10.9. The minimum Gasteiger partial charge on any atom is -0.478 e. The summed E-state index contributed by atoms with van der Waals surface area (Å²) in [5.74, 6) is -0.530. The zero-order valence-corrected chi connectivity index (χ0v) is 10.3. The standard InChI is InChI=1S/C13H9NO3S/c1-7-5-6-18-11(7)12-14-9-4-2-3-8(13(15)16)10(9)17-12/h2-6H,1H3,(H,15,16). The van der Waals surface area contributed by atoms with Crippen molar-refractivity contribution in [3.63, 3.8) is 0 Å². The first-order chi connectivity index (χ1) is 8.66. The predicted octanol–water partition coefficient (Wildman–Crippen LogP) is 3.56. The molecule has 0 aliphatic heterocycles. The maximum atomic E-state index is 11.1. The van der Waals surface area contributed by atoms with E-state index < -0.39 is 5.97 Å². The number of oxazole rings is 1. The van der Waals surface area contributed by atoms with Crippen LogP contribution in [0, 0.1) is 6.92 Å². The first kappa shape index (κ1) is 11.0. The van der Waals surface area contributed by atoms with E-state index in [0.717, 1.165) is 10.4 Å². The number of carboxylic acid groups (broad SMARTS) is 1. The molecule has 2 heterocycles. The van der Waals surface area contributed by atoms with Crippen LogP contribution in [-0.2, 0) is 0 Å². The Balaban J connectivity index is 2.26. The Bertz CT molecular complexity index is 742. The largest absolute Gasteiger partial charge is 0.478 e.